The van der Waals surface area contributed by atoms with Crippen molar-refractivity contribution in [2.75, 3.05) is 13.1 Å². The second kappa shape index (κ2) is 8.09. The summed E-state index contributed by atoms with van der Waals surface area (Å²) in [5.41, 5.74) is 3.70. The van der Waals surface area contributed by atoms with Gasteiger partial charge in [-0.1, -0.05) is 72.8 Å². The molecule has 4 rings (SSSR count). The lowest BCUT2D eigenvalue weighted by molar-refractivity contribution is -0.127. The van der Waals surface area contributed by atoms with Crippen LogP contribution >= 0.6 is 0 Å². The SMILES string of the molecule is O=C1NCCN(C(=O)c2cccc(-c3ccccc3)c2)[C@@H]1Cc1ccccc1. The molecule has 0 saturated carbocycles. The van der Waals surface area contributed by atoms with Gasteiger partial charge in [-0.05, 0) is 28.8 Å². The van der Waals surface area contributed by atoms with Crippen molar-refractivity contribution >= 4 is 11.8 Å². The van der Waals surface area contributed by atoms with Gasteiger partial charge >= 0.3 is 0 Å². The average molecular weight is 370 g/mol. The Bertz CT molecular complexity index is 970. The van der Waals surface area contributed by atoms with Crippen molar-refractivity contribution in [3.05, 3.63) is 96.1 Å². The largest absolute Gasteiger partial charge is 0.353 e. The molecule has 4 nitrogen and oxygen atoms in total. The van der Waals surface area contributed by atoms with Gasteiger partial charge in [0.05, 0.1) is 0 Å². The minimum absolute atomic E-state index is 0.0948. The predicted molar refractivity (Wildman–Crippen MR) is 110 cm³/mol. The lowest BCUT2D eigenvalue weighted by atomic mass is 9.99. The molecule has 0 unspecified atom stereocenters. The molecule has 1 saturated heterocycles. The standard InChI is InChI=1S/C24H22N2O2/c27-23-22(16-18-8-3-1-4-9-18)26(15-14-25-23)24(28)21-13-7-12-20(17-21)19-10-5-2-6-11-19/h1-13,17,22H,14-16H2,(H,25,27)/t22-/m1/s1. The van der Waals surface area contributed by atoms with E-state index in [-0.39, 0.29) is 11.8 Å². The zero-order valence-electron chi connectivity index (χ0n) is 15.5. The molecule has 1 aliphatic heterocycles. The minimum atomic E-state index is -0.496. The Hall–Kier alpha value is -3.40. The van der Waals surface area contributed by atoms with Crippen molar-refractivity contribution in [3.8, 4) is 11.1 Å². The smallest absolute Gasteiger partial charge is 0.254 e. The maximum absolute atomic E-state index is 13.3. The van der Waals surface area contributed by atoms with Gasteiger partial charge in [-0.25, -0.2) is 0 Å². The second-order valence-electron chi connectivity index (χ2n) is 6.94. The first-order valence-corrected chi connectivity index (χ1v) is 9.50. The van der Waals surface area contributed by atoms with E-state index in [1.165, 1.54) is 0 Å². The van der Waals surface area contributed by atoms with Crippen molar-refractivity contribution in [1.29, 1.82) is 0 Å². The van der Waals surface area contributed by atoms with Crippen LogP contribution in [0.2, 0.25) is 0 Å². The molecule has 1 fully saturated rings. The van der Waals surface area contributed by atoms with Crippen LogP contribution in [0.15, 0.2) is 84.9 Å². The van der Waals surface area contributed by atoms with Gasteiger partial charge < -0.3 is 10.2 Å². The van der Waals surface area contributed by atoms with Gasteiger partial charge in [0.25, 0.3) is 5.91 Å². The summed E-state index contributed by atoms with van der Waals surface area (Å²) in [4.78, 5) is 27.5. The monoisotopic (exact) mass is 370 g/mol. The highest BCUT2D eigenvalue weighted by atomic mass is 16.2. The first-order valence-electron chi connectivity index (χ1n) is 9.50. The summed E-state index contributed by atoms with van der Waals surface area (Å²) >= 11 is 0. The third-order valence-corrected chi connectivity index (χ3v) is 5.08. The fourth-order valence-electron chi connectivity index (χ4n) is 3.63. The fraction of sp³-hybridized carbons (Fsp3) is 0.167. The van der Waals surface area contributed by atoms with Gasteiger partial charge in [0.2, 0.25) is 5.91 Å². The number of nitrogens with zero attached hydrogens (tertiary/aromatic N) is 1. The first kappa shape index (κ1) is 18.0. The van der Waals surface area contributed by atoms with Crippen LogP contribution < -0.4 is 5.32 Å². The van der Waals surface area contributed by atoms with Crippen molar-refractivity contribution < 1.29 is 9.59 Å². The van der Waals surface area contributed by atoms with Crippen molar-refractivity contribution in [2.45, 2.75) is 12.5 Å². The predicted octanol–water partition coefficient (Wildman–Crippen LogP) is 3.54. The number of nitrogens with one attached hydrogen (secondary N) is 1. The van der Waals surface area contributed by atoms with E-state index in [0.717, 1.165) is 16.7 Å². The van der Waals surface area contributed by atoms with E-state index in [4.69, 9.17) is 0 Å². The third kappa shape index (κ3) is 3.81. The fourth-order valence-corrected chi connectivity index (χ4v) is 3.63. The topological polar surface area (TPSA) is 49.4 Å². The molecule has 0 aliphatic carbocycles. The average Bonchev–Trinajstić information content (AvgIpc) is 2.76. The molecule has 1 N–H and O–H groups in total. The van der Waals surface area contributed by atoms with Crippen LogP contribution in [-0.4, -0.2) is 35.8 Å². The molecule has 1 heterocycles. The second-order valence-corrected chi connectivity index (χ2v) is 6.94. The Morgan fingerprint density at radius 2 is 1.57 bits per heavy atom. The summed E-state index contributed by atoms with van der Waals surface area (Å²) in [5.74, 6) is -0.198. The molecular weight excluding hydrogens is 348 g/mol. The summed E-state index contributed by atoms with van der Waals surface area (Å²) in [7, 11) is 0. The Balaban J connectivity index is 1.61. The number of piperazine rings is 1. The van der Waals surface area contributed by atoms with Gasteiger partial charge in [0, 0.05) is 25.1 Å². The van der Waals surface area contributed by atoms with E-state index in [0.29, 0.717) is 25.1 Å². The van der Waals surface area contributed by atoms with E-state index in [1.54, 1.807) is 4.90 Å². The van der Waals surface area contributed by atoms with E-state index in [1.807, 2.05) is 84.9 Å². The zero-order chi connectivity index (χ0) is 19.3. The molecule has 1 aliphatic rings. The van der Waals surface area contributed by atoms with E-state index in [2.05, 4.69) is 5.32 Å². The normalized spacial score (nSPS) is 16.5. The van der Waals surface area contributed by atoms with Crippen LogP contribution in [0.3, 0.4) is 0 Å². The molecule has 28 heavy (non-hydrogen) atoms. The highest BCUT2D eigenvalue weighted by molar-refractivity contribution is 5.99. The van der Waals surface area contributed by atoms with Crippen molar-refractivity contribution in [3.63, 3.8) is 0 Å². The van der Waals surface area contributed by atoms with Crippen LogP contribution in [0.1, 0.15) is 15.9 Å². The minimum Gasteiger partial charge on any atom is -0.353 e. The molecule has 140 valence electrons. The van der Waals surface area contributed by atoms with Gasteiger partial charge in [-0.3, -0.25) is 9.59 Å². The quantitative estimate of drug-likeness (QED) is 0.764. The van der Waals surface area contributed by atoms with Gasteiger partial charge in [0.15, 0.2) is 0 Å². The Morgan fingerprint density at radius 3 is 2.32 bits per heavy atom. The number of hydrogen-bond donors (Lipinski definition) is 1. The molecule has 0 spiro atoms. The third-order valence-electron chi connectivity index (χ3n) is 5.08. The van der Waals surface area contributed by atoms with Crippen molar-refractivity contribution in [2.24, 2.45) is 0 Å². The lowest BCUT2D eigenvalue weighted by Gasteiger charge is -2.35. The molecular formula is C24H22N2O2. The van der Waals surface area contributed by atoms with Crippen LogP contribution in [0.5, 0.6) is 0 Å². The Labute approximate surface area is 164 Å². The summed E-state index contributed by atoms with van der Waals surface area (Å²) in [6.07, 6.45) is 0.511. The number of benzene rings is 3. The number of amides is 2. The maximum atomic E-state index is 13.3. The van der Waals surface area contributed by atoms with Crippen LogP contribution in [0.25, 0.3) is 11.1 Å². The first-order chi connectivity index (χ1) is 13.7. The van der Waals surface area contributed by atoms with Crippen LogP contribution in [0, 0.1) is 0 Å². The zero-order valence-corrected chi connectivity index (χ0v) is 15.5. The van der Waals surface area contributed by atoms with Gasteiger partial charge in [-0.2, -0.15) is 0 Å². The molecule has 0 radical (unpaired) electrons. The highest BCUT2D eigenvalue weighted by Gasteiger charge is 2.33. The summed E-state index contributed by atoms with van der Waals surface area (Å²) in [5, 5.41) is 2.89. The molecule has 3 aromatic carbocycles. The highest BCUT2D eigenvalue weighted by Crippen LogP contribution is 2.22. The molecule has 0 bridgehead atoms. The van der Waals surface area contributed by atoms with E-state index < -0.39 is 6.04 Å². The number of rotatable bonds is 4. The number of hydrogen-bond acceptors (Lipinski definition) is 2. The Kier molecular flexibility index (Phi) is 5.20. The number of carbonyl (C=O) groups is 2. The van der Waals surface area contributed by atoms with Crippen LogP contribution in [0.4, 0.5) is 0 Å². The molecule has 0 aromatic heterocycles. The lowest BCUT2D eigenvalue weighted by Crippen LogP contribution is -2.58. The van der Waals surface area contributed by atoms with E-state index >= 15 is 0 Å². The molecule has 3 aromatic rings. The van der Waals surface area contributed by atoms with Crippen LogP contribution in [-0.2, 0) is 11.2 Å². The summed E-state index contributed by atoms with van der Waals surface area (Å²) in [6.45, 7) is 0.992. The summed E-state index contributed by atoms with van der Waals surface area (Å²) < 4.78 is 0. The maximum Gasteiger partial charge on any atom is 0.254 e. The Morgan fingerprint density at radius 1 is 0.893 bits per heavy atom. The van der Waals surface area contributed by atoms with E-state index in [9.17, 15) is 9.59 Å². The van der Waals surface area contributed by atoms with Gasteiger partial charge in [-0.15, -0.1) is 0 Å². The number of carbonyl (C=O) groups excluding carboxylic acids is 2. The molecule has 4 heteroatoms. The summed E-state index contributed by atoms with van der Waals surface area (Å²) in [6, 6.07) is 26.9. The van der Waals surface area contributed by atoms with Crippen molar-refractivity contribution in [1.82, 2.24) is 10.2 Å². The van der Waals surface area contributed by atoms with Gasteiger partial charge in [0.1, 0.15) is 6.04 Å². The molecule has 1 atom stereocenters. The molecule has 2 amide bonds.